The molecule has 4 heteroatoms. The average Bonchev–Trinajstić information content (AvgIpc) is 3.20. The first-order valence-electron chi connectivity index (χ1n) is 6.26. The Balaban J connectivity index is 2.09. The molecule has 0 N–H and O–H groups in total. The van der Waals surface area contributed by atoms with Crippen molar-refractivity contribution in [3.8, 4) is 11.5 Å². The van der Waals surface area contributed by atoms with E-state index in [2.05, 4.69) is 40.6 Å². The van der Waals surface area contributed by atoms with E-state index in [-0.39, 0.29) is 0 Å². The van der Waals surface area contributed by atoms with Crippen molar-refractivity contribution in [2.45, 2.75) is 25.3 Å². The predicted octanol–water partition coefficient (Wildman–Crippen LogP) is 2.95. The van der Waals surface area contributed by atoms with Gasteiger partial charge in [-0.25, -0.2) is 0 Å². The van der Waals surface area contributed by atoms with Gasteiger partial charge in [0.2, 0.25) is 0 Å². The lowest BCUT2D eigenvalue weighted by atomic mass is 10.1. The molecule has 1 aliphatic carbocycles. The second-order valence-electron chi connectivity index (χ2n) is 4.76. The third kappa shape index (κ3) is 3.29. The first-order chi connectivity index (χ1) is 8.65. The van der Waals surface area contributed by atoms with Crippen LogP contribution in [-0.4, -0.2) is 38.8 Å². The van der Waals surface area contributed by atoms with Crippen LogP contribution >= 0.6 is 22.6 Å². The fourth-order valence-corrected chi connectivity index (χ4v) is 2.77. The second-order valence-corrected chi connectivity index (χ2v) is 5.92. The van der Waals surface area contributed by atoms with Crippen LogP contribution in [-0.2, 0) is 6.42 Å². The summed E-state index contributed by atoms with van der Waals surface area (Å²) >= 11 is 2.27. The van der Waals surface area contributed by atoms with Crippen LogP contribution in [0.25, 0.3) is 0 Å². The molecule has 0 spiro atoms. The van der Waals surface area contributed by atoms with Crippen molar-refractivity contribution in [2.75, 3.05) is 27.8 Å². The van der Waals surface area contributed by atoms with E-state index in [0.717, 1.165) is 34.1 Å². The molecular weight excluding hydrogens is 341 g/mol. The van der Waals surface area contributed by atoms with Gasteiger partial charge in [-0.1, -0.05) is 0 Å². The molecule has 2 rings (SSSR count). The van der Waals surface area contributed by atoms with Gasteiger partial charge in [-0.2, -0.15) is 0 Å². The molecule has 0 atom stereocenters. The summed E-state index contributed by atoms with van der Waals surface area (Å²) in [5.74, 6) is 1.89. The van der Waals surface area contributed by atoms with Crippen LogP contribution in [0.3, 0.4) is 0 Å². The molecule has 3 nitrogen and oxygen atoms in total. The lowest BCUT2D eigenvalue weighted by molar-refractivity contribution is 0.325. The van der Waals surface area contributed by atoms with Gasteiger partial charge in [0.1, 0.15) is 11.5 Å². The lowest BCUT2D eigenvalue weighted by Crippen LogP contribution is -2.23. The summed E-state index contributed by atoms with van der Waals surface area (Å²) in [6, 6.07) is 4.95. The van der Waals surface area contributed by atoms with Gasteiger partial charge in [0.15, 0.2) is 0 Å². The van der Waals surface area contributed by atoms with Gasteiger partial charge in [0.25, 0.3) is 0 Å². The molecule has 0 saturated heterocycles. The van der Waals surface area contributed by atoms with Crippen LogP contribution in [0.1, 0.15) is 18.4 Å². The molecule has 0 aliphatic heterocycles. The second kappa shape index (κ2) is 6.10. The number of ether oxygens (including phenoxy) is 2. The smallest absolute Gasteiger partial charge is 0.132 e. The highest BCUT2D eigenvalue weighted by atomic mass is 127. The van der Waals surface area contributed by atoms with E-state index in [1.807, 2.05) is 6.07 Å². The molecule has 1 saturated carbocycles. The highest BCUT2D eigenvalue weighted by Gasteiger charge is 2.25. The van der Waals surface area contributed by atoms with Crippen LogP contribution < -0.4 is 9.47 Å². The number of likely N-dealkylation sites (N-methyl/N-ethyl adjacent to an activating group) is 1. The lowest BCUT2D eigenvalue weighted by Gasteiger charge is -2.17. The molecule has 100 valence electrons. The number of rotatable bonds is 6. The van der Waals surface area contributed by atoms with Gasteiger partial charge in [0, 0.05) is 12.6 Å². The summed E-state index contributed by atoms with van der Waals surface area (Å²) in [5, 5.41) is 0. The van der Waals surface area contributed by atoms with Crippen molar-refractivity contribution in [3.63, 3.8) is 0 Å². The molecule has 18 heavy (non-hydrogen) atoms. The van der Waals surface area contributed by atoms with Crippen LogP contribution in [0, 0.1) is 3.57 Å². The average molecular weight is 361 g/mol. The van der Waals surface area contributed by atoms with Crippen molar-refractivity contribution in [3.05, 3.63) is 21.3 Å². The SMILES string of the molecule is COc1cc(CCN(C)C2CC2)c(OC)cc1I. The summed E-state index contributed by atoms with van der Waals surface area (Å²) in [4.78, 5) is 2.43. The first kappa shape index (κ1) is 13.9. The van der Waals surface area contributed by atoms with Crippen molar-refractivity contribution < 1.29 is 9.47 Å². The molecule has 0 amide bonds. The number of hydrogen-bond donors (Lipinski definition) is 0. The quantitative estimate of drug-likeness (QED) is 0.728. The van der Waals surface area contributed by atoms with Gasteiger partial charge in [-0.05, 0) is 66.6 Å². The van der Waals surface area contributed by atoms with Crippen LogP contribution in [0.2, 0.25) is 0 Å². The Morgan fingerprint density at radius 2 is 1.89 bits per heavy atom. The maximum absolute atomic E-state index is 5.46. The van der Waals surface area contributed by atoms with Crippen molar-refractivity contribution in [2.24, 2.45) is 0 Å². The van der Waals surface area contributed by atoms with E-state index in [1.54, 1.807) is 14.2 Å². The monoisotopic (exact) mass is 361 g/mol. The van der Waals surface area contributed by atoms with E-state index in [1.165, 1.54) is 18.4 Å². The van der Waals surface area contributed by atoms with E-state index >= 15 is 0 Å². The van der Waals surface area contributed by atoms with Crippen molar-refractivity contribution in [1.29, 1.82) is 0 Å². The third-order valence-electron chi connectivity index (χ3n) is 3.46. The predicted molar refractivity (Wildman–Crippen MR) is 81.6 cm³/mol. The molecule has 0 aromatic heterocycles. The molecule has 1 aromatic carbocycles. The van der Waals surface area contributed by atoms with E-state index < -0.39 is 0 Å². The molecule has 0 radical (unpaired) electrons. The topological polar surface area (TPSA) is 21.7 Å². The zero-order chi connectivity index (χ0) is 13.1. The minimum absolute atomic E-state index is 0.807. The summed E-state index contributed by atoms with van der Waals surface area (Å²) < 4.78 is 11.9. The van der Waals surface area contributed by atoms with Gasteiger partial charge >= 0.3 is 0 Å². The molecule has 1 aliphatic rings. The number of nitrogens with zero attached hydrogens (tertiary/aromatic N) is 1. The number of halogens is 1. The van der Waals surface area contributed by atoms with Gasteiger partial charge in [-0.3, -0.25) is 0 Å². The summed E-state index contributed by atoms with van der Waals surface area (Å²) in [6.45, 7) is 1.07. The van der Waals surface area contributed by atoms with E-state index in [0.29, 0.717) is 0 Å². The zero-order valence-electron chi connectivity index (χ0n) is 11.2. The Bertz CT molecular complexity index is 419. The van der Waals surface area contributed by atoms with Crippen LogP contribution in [0.5, 0.6) is 11.5 Å². The minimum atomic E-state index is 0.807. The molecule has 0 heterocycles. The van der Waals surface area contributed by atoms with Gasteiger partial charge < -0.3 is 14.4 Å². The third-order valence-corrected chi connectivity index (χ3v) is 4.30. The number of methoxy groups -OCH3 is 2. The maximum Gasteiger partial charge on any atom is 0.132 e. The first-order valence-corrected chi connectivity index (χ1v) is 7.34. The summed E-state index contributed by atoms with van der Waals surface area (Å²) in [6.07, 6.45) is 3.71. The fraction of sp³-hybridized carbons (Fsp3) is 0.571. The Morgan fingerprint density at radius 3 is 2.44 bits per heavy atom. The molecule has 0 unspecified atom stereocenters. The molecule has 1 aromatic rings. The fourth-order valence-electron chi connectivity index (χ4n) is 2.11. The Morgan fingerprint density at radius 1 is 1.22 bits per heavy atom. The Labute approximate surface area is 123 Å². The largest absolute Gasteiger partial charge is 0.496 e. The number of hydrogen-bond acceptors (Lipinski definition) is 3. The zero-order valence-corrected chi connectivity index (χ0v) is 13.4. The molecular formula is C14H20INO2. The van der Waals surface area contributed by atoms with Gasteiger partial charge in [0.05, 0.1) is 17.8 Å². The molecule has 1 fully saturated rings. The van der Waals surface area contributed by atoms with Gasteiger partial charge in [-0.15, -0.1) is 0 Å². The normalized spacial score (nSPS) is 14.9. The summed E-state index contributed by atoms with van der Waals surface area (Å²) in [5.41, 5.74) is 1.22. The highest BCUT2D eigenvalue weighted by molar-refractivity contribution is 14.1. The van der Waals surface area contributed by atoms with Crippen LogP contribution in [0.15, 0.2) is 12.1 Å². The van der Waals surface area contributed by atoms with Crippen molar-refractivity contribution in [1.82, 2.24) is 4.90 Å². The highest BCUT2D eigenvalue weighted by Crippen LogP contribution is 2.31. The Kier molecular flexibility index (Phi) is 4.72. The summed E-state index contributed by atoms with van der Waals surface area (Å²) in [7, 11) is 5.64. The van der Waals surface area contributed by atoms with Crippen LogP contribution in [0.4, 0.5) is 0 Å². The molecule has 0 bridgehead atoms. The Hall–Kier alpha value is -0.490. The van der Waals surface area contributed by atoms with E-state index in [4.69, 9.17) is 9.47 Å². The van der Waals surface area contributed by atoms with E-state index in [9.17, 15) is 0 Å². The van der Waals surface area contributed by atoms with Crippen molar-refractivity contribution >= 4 is 22.6 Å². The standard InChI is InChI=1S/C14H20INO2/c1-16(11-4-5-11)7-6-10-8-14(18-3)12(15)9-13(10)17-2/h8-9,11H,4-7H2,1-3H3. The maximum atomic E-state index is 5.46. The minimum Gasteiger partial charge on any atom is -0.496 e. The number of benzene rings is 1.